The molecule has 18 heavy (non-hydrogen) atoms. The van der Waals surface area contributed by atoms with E-state index >= 15 is 0 Å². The van der Waals surface area contributed by atoms with Crippen molar-refractivity contribution >= 4 is 5.91 Å². The summed E-state index contributed by atoms with van der Waals surface area (Å²) in [6.45, 7) is 2.30. The maximum absolute atomic E-state index is 12.5. The molecule has 3 aliphatic carbocycles. The van der Waals surface area contributed by atoms with E-state index < -0.39 is 0 Å². The van der Waals surface area contributed by atoms with Crippen LogP contribution in [0.15, 0.2) is 0 Å². The van der Waals surface area contributed by atoms with E-state index in [-0.39, 0.29) is 0 Å². The van der Waals surface area contributed by atoms with E-state index in [2.05, 4.69) is 18.9 Å². The molecule has 3 rings (SSSR count). The molecule has 0 aromatic heterocycles. The standard InChI is InChI=1S/C16H27NO/c1-3-11-4-6-15(7-5-11)17(2)16(18)14-9-12-8-13(12)10-14/h11-15H,3-10H2,1-2H3. The van der Waals surface area contributed by atoms with Crippen LogP contribution in [0.1, 0.15) is 58.3 Å². The minimum atomic E-state index is 0.377. The molecule has 0 spiro atoms. The van der Waals surface area contributed by atoms with Crippen LogP contribution in [-0.4, -0.2) is 23.9 Å². The van der Waals surface area contributed by atoms with Gasteiger partial charge in [-0.3, -0.25) is 4.79 Å². The quantitative estimate of drug-likeness (QED) is 0.750. The van der Waals surface area contributed by atoms with Crippen molar-refractivity contribution in [1.29, 1.82) is 0 Å². The first-order valence-corrected chi connectivity index (χ1v) is 7.95. The Balaban J connectivity index is 1.51. The minimum Gasteiger partial charge on any atom is -0.343 e. The Hall–Kier alpha value is -0.530. The molecule has 3 aliphatic rings. The number of rotatable bonds is 3. The first-order chi connectivity index (χ1) is 8.69. The molecule has 0 aromatic carbocycles. The maximum atomic E-state index is 12.5. The summed E-state index contributed by atoms with van der Waals surface area (Å²) in [5, 5.41) is 0. The van der Waals surface area contributed by atoms with Crippen LogP contribution in [0.5, 0.6) is 0 Å². The van der Waals surface area contributed by atoms with Gasteiger partial charge < -0.3 is 4.90 Å². The highest BCUT2D eigenvalue weighted by atomic mass is 16.2. The number of carbonyl (C=O) groups is 1. The van der Waals surface area contributed by atoms with Crippen molar-refractivity contribution in [2.24, 2.45) is 23.7 Å². The average molecular weight is 249 g/mol. The molecule has 2 heteroatoms. The van der Waals surface area contributed by atoms with Gasteiger partial charge in [0.05, 0.1) is 0 Å². The zero-order valence-corrected chi connectivity index (χ0v) is 11.9. The molecule has 3 fully saturated rings. The van der Waals surface area contributed by atoms with Crippen LogP contribution >= 0.6 is 0 Å². The lowest BCUT2D eigenvalue weighted by molar-refractivity contribution is -0.137. The number of hydrogen-bond donors (Lipinski definition) is 0. The molecule has 2 nitrogen and oxygen atoms in total. The van der Waals surface area contributed by atoms with Crippen LogP contribution in [0.25, 0.3) is 0 Å². The molecule has 0 aromatic rings. The predicted molar refractivity (Wildman–Crippen MR) is 73.1 cm³/mol. The fourth-order valence-electron chi connectivity index (χ4n) is 4.32. The van der Waals surface area contributed by atoms with Crippen LogP contribution in [0.2, 0.25) is 0 Å². The SMILES string of the molecule is CCC1CCC(N(C)C(=O)C2CC3CC3C2)CC1. The largest absolute Gasteiger partial charge is 0.343 e. The van der Waals surface area contributed by atoms with Crippen LogP contribution in [-0.2, 0) is 4.79 Å². The van der Waals surface area contributed by atoms with E-state index in [1.165, 1.54) is 51.4 Å². The van der Waals surface area contributed by atoms with Gasteiger partial charge in [-0.25, -0.2) is 0 Å². The Kier molecular flexibility index (Phi) is 3.38. The van der Waals surface area contributed by atoms with Crippen LogP contribution in [0.4, 0.5) is 0 Å². The van der Waals surface area contributed by atoms with E-state index in [4.69, 9.17) is 0 Å². The molecule has 102 valence electrons. The lowest BCUT2D eigenvalue weighted by Crippen LogP contribution is -2.42. The number of amides is 1. The third kappa shape index (κ3) is 2.31. The molecule has 0 aliphatic heterocycles. The lowest BCUT2D eigenvalue weighted by Gasteiger charge is -2.35. The number of hydrogen-bond acceptors (Lipinski definition) is 1. The highest BCUT2D eigenvalue weighted by Gasteiger charge is 2.48. The van der Waals surface area contributed by atoms with Crippen molar-refractivity contribution in [3.8, 4) is 0 Å². The van der Waals surface area contributed by atoms with E-state index in [1.54, 1.807) is 0 Å². The maximum Gasteiger partial charge on any atom is 0.225 e. The monoisotopic (exact) mass is 249 g/mol. The molecular formula is C16H27NO. The summed E-state index contributed by atoms with van der Waals surface area (Å²) in [6.07, 6.45) is 10.2. The molecule has 0 radical (unpaired) electrons. The molecule has 2 atom stereocenters. The second-order valence-electron chi connectivity index (χ2n) is 6.96. The first kappa shape index (κ1) is 12.5. The smallest absolute Gasteiger partial charge is 0.225 e. The summed E-state index contributed by atoms with van der Waals surface area (Å²) in [4.78, 5) is 14.6. The number of carbonyl (C=O) groups excluding carboxylic acids is 1. The van der Waals surface area contributed by atoms with Crippen molar-refractivity contribution in [2.45, 2.75) is 64.3 Å². The second kappa shape index (κ2) is 4.86. The Morgan fingerprint density at radius 1 is 1.06 bits per heavy atom. The van der Waals surface area contributed by atoms with Crippen LogP contribution in [0.3, 0.4) is 0 Å². The third-order valence-electron chi connectivity index (χ3n) is 5.88. The Bertz CT molecular complexity index is 309. The van der Waals surface area contributed by atoms with Gasteiger partial charge in [0.2, 0.25) is 5.91 Å². The van der Waals surface area contributed by atoms with Gasteiger partial charge in [-0.05, 0) is 62.7 Å². The normalized spacial score (nSPS) is 42.4. The van der Waals surface area contributed by atoms with Gasteiger partial charge in [0.15, 0.2) is 0 Å². The molecule has 0 N–H and O–H groups in total. The van der Waals surface area contributed by atoms with Gasteiger partial charge >= 0.3 is 0 Å². The van der Waals surface area contributed by atoms with Gasteiger partial charge in [-0.15, -0.1) is 0 Å². The highest BCUT2D eigenvalue weighted by Crippen LogP contribution is 2.54. The Morgan fingerprint density at radius 2 is 1.67 bits per heavy atom. The summed E-state index contributed by atoms with van der Waals surface area (Å²) in [7, 11) is 2.06. The molecule has 1 amide bonds. The number of fused-ring (bicyclic) bond motifs is 1. The van der Waals surface area contributed by atoms with Crippen molar-refractivity contribution in [2.75, 3.05) is 7.05 Å². The summed E-state index contributed by atoms with van der Waals surface area (Å²) < 4.78 is 0. The van der Waals surface area contributed by atoms with E-state index in [1.807, 2.05) is 0 Å². The molecular weight excluding hydrogens is 222 g/mol. The summed E-state index contributed by atoms with van der Waals surface area (Å²) in [6, 6.07) is 0.539. The van der Waals surface area contributed by atoms with Gasteiger partial charge in [-0.2, -0.15) is 0 Å². The second-order valence-corrected chi connectivity index (χ2v) is 6.96. The fourth-order valence-corrected chi connectivity index (χ4v) is 4.32. The van der Waals surface area contributed by atoms with Crippen LogP contribution < -0.4 is 0 Å². The molecule has 3 saturated carbocycles. The fraction of sp³-hybridized carbons (Fsp3) is 0.938. The molecule has 0 heterocycles. The van der Waals surface area contributed by atoms with Gasteiger partial charge in [-0.1, -0.05) is 13.3 Å². The van der Waals surface area contributed by atoms with Gasteiger partial charge in [0.25, 0.3) is 0 Å². The topological polar surface area (TPSA) is 20.3 Å². The van der Waals surface area contributed by atoms with Crippen molar-refractivity contribution in [3.63, 3.8) is 0 Å². The summed E-state index contributed by atoms with van der Waals surface area (Å²) >= 11 is 0. The minimum absolute atomic E-state index is 0.377. The first-order valence-electron chi connectivity index (χ1n) is 7.95. The average Bonchev–Trinajstić information content (AvgIpc) is 3.03. The van der Waals surface area contributed by atoms with E-state index in [9.17, 15) is 4.79 Å². The molecule has 0 bridgehead atoms. The summed E-state index contributed by atoms with van der Waals surface area (Å²) in [5.41, 5.74) is 0. The lowest BCUT2D eigenvalue weighted by atomic mass is 9.83. The van der Waals surface area contributed by atoms with Crippen molar-refractivity contribution in [1.82, 2.24) is 4.90 Å². The van der Waals surface area contributed by atoms with Crippen molar-refractivity contribution in [3.05, 3.63) is 0 Å². The summed E-state index contributed by atoms with van der Waals surface area (Å²) in [5.74, 6) is 3.60. The van der Waals surface area contributed by atoms with Crippen LogP contribution in [0, 0.1) is 23.7 Å². The Morgan fingerprint density at radius 3 is 2.22 bits per heavy atom. The predicted octanol–water partition coefficient (Wildman–Crippen LogP) is 3.46. The zero-order chi connectivity index (χ0) is 12.7. The van der Waals surface area contributed by atoms with E-state index in [0.29, 0.717) is 17.9 Å². The highest BCUT2D eigenvalue weighted by molar-refractivity contribution is 5.79. The molecule has 2 unspecified atom stereocenters. The third-order valence-corrected chi connectivity index (χ3v) is 5.88. The number of nitrogens with zero attached hydrogens (tertiary/aromatic N) is 1. The van der Waals surface area contributed by atoms with Gasteiger partial charge in [0.1, 0.15) is 0 Å². The van der Waals surface area contributed by atoms with Crippen molar-refractivity contribution < 1.29 is 4.79 Å². The Labute approximate surface area is 111 Å². The zero-order valence-electron chi connectivity index (χ0n) is 11.9. The van der Waals surface area contributed by atoms with Gasteiger partial charge in [0, 0.05) is 19.0 Å². The molecule has 0 saturated heterocycles. The van der Waals surface area contributed by atoms with E-state index in [0.717, 1.165) is 17.8 Å².